The van der Waals surface area contributed by atoms with Gasteiger partial charge in [-0.25, -0.2) is 9.59 Å². The molecule has 2 aliphatic rings. The molecular weight excluding hydrogens is 394 g/mol. The van der Waals surface area contributed by atoms with Gasteiger partial charge in [-0.05, 0) is 46.9 Å². The summed E-state index contributed by atoms with van der Waals surface area (Å²) in [5.41, 5.74) is 5.70. The molecule has 0 atom stereocenters. The number of carbonyl (C=O) groups excluding carboxylic acids is 1. The monoisotopic (exact) mass is 415 g/mol. The Morgan fingerprint density at radius 2 is 1.68 bits per heavy atom. The van der Waals surface area contributed by atoms with E-state index < -0.39 is 12.1 Å². The number of nitrogens with zero attached hydrogens (tertiary/aromatic N) is 1. The predicted molar refractivity (Wildman–Crippen MR) is 116 cm³/mol. The fraction of sp³-hybridized carbons (Fsp3) is 0.200. The van der Waals surface area contributed by atoms with E-state index in [1.807, 2.05) is 24.3 Å². The molecule has 0 bridgehead atoms. The first-order chi connectivity index (χ1) is 15.1. The summed E-state index contributed by atoms with van der Waals surface area (Å²) in [4.78, 5) is 26.1. The molecule has 1 aliphatic heterocycles. The van der Waals surface area contributed by atoms with Crippen molar-refractivity contribution in [3.63, 3.8) is 0 Å². The molecule has 0 radical (unpaired) electrons. The summed E-state index contributed by atoms with van der Waals surface area (Å²) in [5, 5.41) is 9.45. The standard InChI is InChI=1S/C25H21NO5/c1-15-16(24(27)28)10-11-22-23(15)26(12-13-30-22)25(29)31-14-21-19-8-4-2-6-17(19)18-7-3-5-9-20(18)21/h2-11,21H,12-14H2,1H3,(H,27,28). The minimum absolute atomic E-state index is 0.0386. The quantitative estimate of drug-likeness (QED) is 0.662. The molecule has 156 valence electrons. The van der Waals surface area contributed by atoms with Crippen LogP contribution in [0.4, 0.5) is 10.5 Å². The fourth-order valence-electron chi connectivity index (χ4n) is 4.57. The first-order valence-electron chi connectivity index (χ1n) is 10.2. The zero-order valence-electron chi connectivity index (χ0n) is 17.0. The van der Waals surface area contributed by atoms with Crippen molar-refractivity contribution in [2.24, 2.45) is 0 Å². The highest BCUT2D eigenvalue weighted by molar-refractivity contribution is 5.97. The molecule has 6 heteroatoms. The van der Waals surface area contributed by atoms with Crippen LogP contribution in [0.5, 0.6) is 5.75 Å². The molecule has 3 aromatic rings. The van der Waals surface area contributed by atoms with Gasteiger partial charge in [0.25, 0.3) is 0 Å². The number of carboxylic acids is 1. The molecule has 0 aromatic heterocycles. The van der Waals surface area contributed by atoms with E-state index in [9.17, 15) is 14.7 Å². The molecule has 0 saturated heterocycles. The number of hydrogen-bond acceptors (Lipinski definition) is 4. The van der Waals surface area contributed by atoms with Gasteiger partial charge < -0.3 is 14.6 Å². The maximum absolute atomic E-state index is 13.1. The Morgan fingerprint density at radius 1 is 1.03 bits per heavy atom. The highest BCUT2D eigenvalue weighted by Gasteiger charge is 2.32. The lowest BCUT2D eigenvalue weighted by molar-refractivity contribution is 0.0695. The first kappa shape index (κ1) is 19.2. The minimum Gasteiger partial charge on any atom is -0.490 e. The van der Waals surface area contributed by atoms with Crippen molar-refractivity contribution in [1.29, 1.82) is 0 Å². The molecule has 6 nitrogen and oxygen atoms in total. The number of benzene rings is 3. The van der Waals surface area contributed by atoms with Crippen LogP contribution in [0.1, 0.15) is 33.0 Å². The Bertz CT molecular complexity index is 1160. The number of aromatic carboxylic acids is 1. The van der Waals surface area contributed by atoms with Gasteiger partial charge in [0.05, 0.1) is 17.8 Å². The van der Waals surface area contributed by atoms with Crippen LogP contribution >= 0.6 is 0 Å². The Kier molecular flexibility index (Phi) is 4.62. The molecule has 5 rings (SSSR count). The smallest absolute Gasteiger partial charge is 0.414 e. The summed E-state index contributed by atoms with van der Waals surface area (Å²) < 4.78 is 11.4. The van der Waals surface area contributed by atoms with E-state index in [0.29, 0.717) is 30.2 Å². The van der Waals surface area contributed by atoms with Crippen molar-refractivity contribution in [3.05, 3.63) is 82.9 Å². The largest absolute Gasteiger partial charge is 0.490 e. The lowest BCUT2D eigenvalue weighted by atomic mass is 9.98. The number of carbonyl (C=O) groups is 2. The molecule has 1 N–H and O–H groups in total. The summed E-state index contributed by atoms with van der Waals surface area (Å²) in [6.45, 7) is 2.51. The average Bonchev–Trinajstić information content (AvgIpc) is 3.11. The Labute approximate surface area is 179 Å². The summed E-state index contributed by atoms with van der Waals surface area (Å²) in [7, 11) is 0. The third-order valence-electron chi connectivity index (χ3n) is 6.02. The molecular formula is C25H21NO5. The van der Waals surface area contributed by atoms with E-state index in [1.54, 1.807) is 13.0 Å². The highest BCUT2D eigenvalue weighted by Crippen LogP contribution is 2.45. The van der Waals surface area contributed by atoms with Gasteiger partial charge in [-0.1, -0.05) is 48.5 Å². The predicted octanol–water partition coefficient (Wildman–Crippen LogP) is 4.84. The number of amides is 1. The lowest BCUT2D eigenvalue weighted by Gasteiger charge is -2.31. The second-order valence-corrected chi connectivity index (χ2v) is 7.69. The van der Waals surface area contributed by atoms with Crippen molar-refractivity contribution in [3.8, 4) is 16.9 Å². The second kappa shape index (κ2) is 7.47. The van der Waals surface area contributed by atoms with E-state index >= 15 is 0 Å². The number of anilines is 1. The van der Waals surface area contributed by atoms with Crippen molar-refractivity contribution < 1.29 is 24.2 Å². The molecule has 0 saturated carbocycles. The van der Waals surface area contributed by atoms with Gasteiger partial charge in [-0.3, -0.25) is 4.90 Å². The van der Waals surface area contributed by atoms with Crippen LogP contribution < -0.4 is 9.64 Å². The van der Waals surface area contributed by atoms with Crippen LogP contribution in [-0.2, 0) is 4.74 Å². The minimum atomic E-state index is -1.04. The van der Waals surface area contributed by atoms with Crippen molar-refractivity contribution >= 4 is 17.7 Å². The van der Waals surface area contributed by atoms with E-state index in [1.165, 1.54) is 11.0 Å². The molecule has 0 fully saturated rings. The molecule has 0 spiro atoms. The van der Waals surface area contributed by atoms with E-state index in [4.69, 9.17) is 9.47 Å². The number of ether oxygens (including phenoxy) is 2. The van der Waals surface area contributed by atoms with E-state index in [0.717, 1.165) is 22.3 Å². The summed E-state index contributed by atoms with van der Waals surface area (Å²) in [6.07, 6.45) is -0.503. The van der Waals surface area contributed by atoms with Gasteiger partial charge in [0.1, 0.15) is 19.0 Å². The van der Waals surface area contributed by atoms with Gasteiger partial charge in [-0.15, -0.1) is 0 Å². The topological polar surface area (TPSA) is 76.1 Å². The van der Waals surface area contributed by atoms with Crippen molar-refractivity contribution in [2.75, 3.05) is 24.7 Å². The third-order valence-corrected chi connectivity index (χ3v) is 6.02. The Balaban J connectivity index is 1.42. The molecule has 1 heterocycles. The van der Waals surface area contributed by atoms with Gasteiger partial charge in [0, 0.05) is 5.92 Å². The van der Waals surface area contributed by atoms with Gasteiger partial charge >= 0.3 is 12.1 Å². The second-order valence-electron chi connectivity index (χ2n) is 7.69. The van der Waals surface area contributed by atoms with E-state index in [2.05, 4.69) is 24.3 Å². The number of fused-ring (bicyclic) bond motifs is 4. The van der Waals surface area contributed by atoms with Crippen LogP contribution in [0.15, 0.2) is 60.7 Å². The Morgan fingerprint density at radius 3 is 2.32 bits per heavy atom. The maximum Gasteiger partial charge on any atom is 0.414 e. The van der Waals surface area contributed by atoms with Crippen LogP contribution in [0.25, 0.3) is 11.1 Å². The number of hydrogen-bond donors (Lipinski definition) is 1. The summed E-state index contributed by atoms with van der Waals surface area (Å²) in [6, 6.07) is 19.4. The van der Waals surface area contributed by atoms with Crippen LogP contribution in [0, 0.1) is 6.92 Å². The molecule has 31 heavy (non-hydrogen) atoms. The fourth-order valence-corrected chi connectivity index (χ4v) is 4.57. The molecule has 1 amide bonds. The number of carboxylic acid groups (broad SMARTS) is 1. The summed E-state index contributed by atoms with van der Waals surface area (Å²) in [5.74, 6) is -0.594. The zero-order valence-corrected chi connectivity index (χ0v) is 17.0. The van der Waals surface area contributed by atoms with Crippen LogP contribution in [0.3, 0.4) is 0 Å². The van der Waals surface area contributed by atoms with Crippen molar-refractivity contribution in [1.82, 2.24) is 0 Å². The normalized spacial score (nSPS) is 14.3. The molecule has 3 aromatic carbocycles. The van der Waals surface area contributed by atoms with Gasteiger partial charge in [0.2, 0.25) is 0 Å². The van der Waals surface area contributed by atoms with Gasteiger partial charge in [0.15, 0.2) is 0 Å². The third kappa shape index (κ3) is 3.11. The highest BCUT2D eigenvalue weighted by atomic mass is 16.6. The van der Waals surface area contributed by atoms with Crippen LogP contribution in [0.2, 0.25) is 0 Å². The maximum atomic E-state index is 13.1. The zero-order chi connectivity index (χ0) is 21.5. The Hall–Kier alpha value is -3.80. The number of rotatable bonds is 3. The lowest BCUT2D eigenvalue weighted by Crippen LogP contribution is -2.39. The average molecular weight is 415 g/mol. The summed E-state index contributed by atoms with van der Waals surface area (Å²) >= 11 is 0. The van der Waals surface area contributed by atoms with Gasteiger partial charge in [-0.2, -0.15) is 0 Å². The van der Waals surface area contributed by atoms with E-state index in [-0.39, 0.29) is 18.1 Å². The molecule has 0 unspecified atom stereocenters. The molecule has 1 aliphatic carbocycles. The SMILES string of the molecule is Cc1c(C(=O)O)ccc2c1N(C(=O)OCC1c3ccccc3-c3ccccc31)CCO2. The van der Waals surface area contributed by atoms with Crippen LogP contribution in [-0.4, -0.2) is 36.9 Å². The first-order valence-corrected chi connectivity index (χ1v) is 10.2. The van der Waals surface area contributed by atoms with Crippen molar-refractivity contribution in [2.45, 2.75) is 12.8 Å².